The van der Waals surface area contributed by atoms with E-state index in [4.69, 9.17) is 26.8 Å². The number of fused-ring (bicyclic) bond motifs is 1. The van der Waals surface area contributed by atoms with Gasteiger partial charge in [-0.25, -0.2) is 4.98 Å². The fraction of sp³-hybridized carbons (Fsp3) is 0.250. The summed E-state index contributed by atoms with van der Waals surface area (Å²) in [7, 11) is 0. The van der Waals surface area contributed by atoms with E-state index in [9.17, 15) is 10.1 Å². The van der Waals surface area contributed by atoms with Gasteiger partial charge in [-0.1, -0.05) is 11.6 Å². The van der Waals surface area contributed by atoms with Crippen LogP contribution in [0, 0.1) is 11.3 Å². The number of ketones is 1. The van der Waals surface area contributed by atoms with Gasteiger partial charge < -0.3 is 15.2 Å². The van der Waals surface area contributed by atoms with E-state index in [1.54, 1.807) is 6.92 Å². The molecule has 0 radical (unpaired) electrons. The first-order chi connectivity index (χ1) is 12.9. The first-order valence-electron chi connectivity index (χ1n) is 8.39. The van der Waals surface area contributed by atoms with E-state index in [-0.39, 0.29) is 22.4 Å². The number of ether oxygens (including phenoxy) is 2. The van der Waals surface area contributed by atoms with Crippen molar-refractivity contribution in [2.45, 2.75) is 26.7 Å². The number of nitrogens with two attached hydrogens (primary N) is 1. The zero-order valence-corrected chi connectivity index (χ0v) is 15.9. The number of aromatic nitrogens is 1. The molecule has 0 unspecified atom stereocenters. The predicted molar refractivity (Wildman–Crippen MR) is 102 cm³/mol. The van der Waals surface area contributed by atoms with Crippen LogP contribution in [0.1, 0.15) is 32.3 Å². The molecule has 6 nitrogen and oxygen atoms in total. The minimum Gasteiger partial charge on any atom is -0.494 e. The van der Waals surface area contributed by atoms with Crippen LogP contribution < -0.4 is 10.5 Å². The molecule has 2 aromatic rings. The number of nitriles is 1. The lowest BCUT2D eigenvalue weighted by molar-refractivity contribution is -0.114. The zero-order valence-electron chi connectivity index (χ0n) is 15.2. The first-order valence-corrected chi connectivity index (χ1v) is 8.77. The monoisotopic (exact) mass is 383 g/mol. The lowest BCUT2D eigenvalue weighted by Crippen LogP contribution is -2.23. The van der Waals surface area contributed by atoms with Crippen LogP contribution in [0.4, 0.5) is 0 Å². The van der Waals surface area contributed by atoms with Crippen molar-refractivity contribution in [1.29, 1.82) is 5.26 Å². The molecule has 0 bridgehead atoms. The van der Waals surface area contributed by atoms with Crippen LogP contribution in [0.15, 0.2) is 47.1 Å². The summed E-state index contributed by atoms with van der Waals surface area (Å²) < 4.78 is 10.9. The highest BCUT2D eigenvalue weighted by Crippen LogP contribution is 2.42. The molecule has 0 fully saturated rings. The standard InChI is InChI=1S/C20H18ClN3O3/c1-4-26-13-5-6-16-12(7-13)8-14(19(21)24-16)18-15(9-22)20(23)27-11(3)17(18)10(2)25/h5-8,18H,4,23H2,1-3H3/t18-/m0/s1. The van der Waals surface area contributed by atoms with Crippen LogP contribution in [0.25, 0.3) is 10.9 Å². The molecule has 0 saturated carbocycles. The van der Waals surface area contributed by atoms with E-state index in [2.05, 4.69) is 4.98 Å². The van der Waals surface area contributed by atoms with Gasteiger partial charge in [0.05, 0.1) is 18.0 Å². The Labute approximate surface area is 161 Å². The van der Waals surface area contributed by atoms with Gasteiger partial charge in [-0.15, -0.1) is 0 Å². The van der Waals surface area contributed by atoms with Crippen LogP contribution in [-0.2, 0) is 9.53 Å². The third kappa shape index (κ3) is 3.34. The highest BCUT2D eigenvalue weighted by atomic mass is 35.5. The molecule has 0 saturated heterocycles. The Bertz CT molecular complexity index is 1050. The molecule has 1 aliphatic rings. The maximum Gasteiger partial charge on any atom is 0.205 e. The summed E-state index contributed by atoms with van der Waals surface area (Å²) in [5.74, 6) is 0.0481. The zero-order chi connectivity index (χ0) is 19.7. The highest BCUT2D eigenvalue weighted by Gasteiger charge is 2.35. The van der Waals surface area contributed by atoms with Gasteiger partial charge in [0.2, 0.25) is 5.88 Å². The second kappa shape index (κ2) is 7.29. The Morgan fingerprint density at radius 2 is 2.19 bits per heavy atom. The molecule has 1 aromatic heterocycles. The fourth-order valence-corrected chi connectivity index (χ4v) is 3.51. The normalized spacial score (nSPS) is 16.9. The molecule has 0 amide bonds. The van der Waals surface area contributed by atoms with Crippen LogP contribution >= 0.6 is 11.6 Å². The van der Waals surface area contributed by atoms with Crippen LogP contribution in [0.5, 0.6) is 5.75 Å². The Morgan fingerprint density at radius 3 is 2.81 bits per heavy atom. The van der Waals surface area contributed by atoms with Gasteiger partial charge in [-0.05, 0) is 45.0 Å². The lowest BCUT2D eigenvalue weighted by atomic mass is 9.82. The second-order valence-corrected chi connectivity index (χ2v) is 6.46. The second-order valence-electron chi connectivity index (χ2n) is 6.11. The van der Waals surface area contributed by atoms with Crippen molar-refractivity contribution in [3.63, 3.8) is 0 Å². The summed E-state index contributed by atoms with van der Waals surface area (Å²) >= 11 is 6.44. The number of rotatable bonds is 4. The summed E-state index contributed by atoms with van der Waals surface area (Å²) in [6.07, 6.45) is 0. The number of carbonyl (C=O) groups is 1. The summed E-state index contributed by atoms with van der Waals surface area (Å²) in [5, 5.41) is 10.6. The molecule has 2 heterocycles. The average Bonchev–Trinajstić information content (AvgIpc) is 2.60. The topological polar surface area (TPSA) is 98.2 Å². The van der Waals surface area contributed by atoms with Crippen molar-refractivity contribution in [1.82, 2.24) is 4.98 Å². The molecular weight excluding hydrogens is 366 g/mol. The van der Waals surface area contributed by atoms with E-state index >= 15 is 0 Å². The summed E-state index contributed by atoms with van der Waals surface area (Å²) in [5.41, 5.74) is 7.57. The fourth-order valence-electron chi connectivity index (χ4n) is 3.25. The highest BCUT2D eigenvalue weighted by molar-refractivity contribution is 6.30. The molecular formula is C20H18ClN3O3. The van der Waals surface area contributed by atoms with Gasteiger partial charge in [0.25, 0.3) is 0 Å². The van der Waals surface area contributed by atoms with Crippen molar-refractivity contribution < 1.29 is 14.3 Å². The van der Waals surface area contributed by atoms with E-state index in [1.165, 1.54) is 6.92 Å². The van der Waals surface area contributed by atoms with Gasteiger partial charge in [-0.3, -0.25) is 4.79 Å². The van der Waals surface area contributed by atoms with Crippen molar-refractivity contribution in [3.05, 3.63) is 57.8 Å². The molecule has 1 aromatic carbocycles. The third-order valence-electron chi connectivity index (χ3n) is 4.37. The van der Waals surface area contributed by atoms with Crippen LogP contribution in [0.3, 0.4) is 0 Å². The van der Waals surface area contributed by atoms with Crippen molar-refractivity contribution in [2.24, 2.45) is 5.73 Å². The van der Waals surface area contributed by atoms with E-state index < -0.39 is 5.92 Å². The van der Waals surface area contributed by atoms with Crippen LogP contribution in [-0.4, -0.2) is 17.4 Å². The van der Waals surface area contributed by atoms with Crippen molar-refractivity contribution >= 4 is 28.3 Å². The molecule has 138 valence electrons. The number of hydrogen-bond acceptors (Lipinski definition) is 6. The Hall–Kier alpha value is -3.04. The predicted octanol–water partition coefficient (Wildman–Crippen LogP) is 3.96. The number of Topliss-reactive ketones (excluding diaryl/α,β-unsaturated/α-hetero) is 1. The Morgan fingerprint density at radius 1 is 1.44 bits per heavy atom. The summed E-state index contributed by atoms with van der Waals surface area (Å²) in [6.45, 7) is 5.49. The molecule has 7 heteroatoms. The van der Waals surface area contributed by atoms with Gasteiger partial charge >= 0.3 is 0 Å². The minimum atomic E-state index is -0.735. The number of benzene rings is 1. The van der Waals surface area contributed by atoms with Crippen molar-refractivity contribution in [2.75, 3.05) is 6.61 Å². The van der Waals surface area contributed by atoms with Gasteiger partial charge in [0.15, 0.2) is 5.78 Å². The maximum absolute atomic E-state index is 12.3. The summed E-state index contributed by atoms with van der Waals surface area (Å²) in [6, 6.07) is 9.32. The van der Waals surface area contributed by atoms with Crippen LogP contribution in [0.2, 0.25) is 5.15 Å². The molecule has 0 spiro atoms. The Balaban J connectivity index is 2.26. The van der Waals surface area contributed by atoms with E-state index in [1.807, 2.05) is 37.3 Å². The largest absolute Gasteiger partial charge is 0.494 e. The van der Waals surface area contributed by atoms with Gasteiger partial charge in [-0.2, -0.15) is 5.26 Å². The number of allylic oxidation sites excluding steroid dienone is 3. The maximum atomic E-state index is 12.3. The number of nitrogens with zero attached hydrogens (tertiary/aromatic N) is 2. The van der Waals surface area contributed by atoms with E-state index in [0.717, 1.165) is 5.39 Å². The number of carbonyl (C=O) groups excluding carboxylic acids is 1. The lowest BCUT2D eigenvalue weighted by Gasteiger charge is -2.27. The summed E-state index contributed by atoms with van der Waals surface area (Å²) in [4.78, 5) is 16.7. The number of halogens is 1. The van der Waals surface area contributed by atoms with E-state index in [0.29, 0.717) is 34.8 Å². The quantitative estimate of drug-likeness (QED) is 0.802. The smallest absolute Gasteiger partial charge is 0.205 e. The molecule has 0 aliphatic carbocycles. The van der Waals surface area contributed by atoms with Gasteiger partial charge in [0, 0.05) is 16.5 Å². The molecule has 3 rings (SSSR count). The van der Waals surface area contributed by atoms with Crippen molar-refractivity contribution in [3.8, 4) is 11.8 Å². The van der Waals surface area contributed by atoms with Gasteiger partial charge in [0.1, 0.15) is 28.3 Å². The Kier molecular flexibility index (Phi) is 5.06. The molecule has 1 atom stereocenters. The molecule has 27 heavy (non-hydrogen) atoms. The molecule has 2 N–H and O–H groups in total. The average molecular weight is 384 g/mol. The first kappa shape index (κ1) is 18.7. The number of pyridine rings is 1. The minimum absolute atomic E-state index is 0.0377. The SMILES string of the molecule is CCOc1ccc2nc(Cl)c([C@H]3C(C#N)=C(N)OC(C)=C3C(C)=O)cc2c1. The third-order valence-corrected chi connectivity index (χ3v) is 4.68. The molecule has 1 aliphatic heterocycles. The number of hydrogen-bond donors (Lipinski definition) is 1.